The smallest absolute Gasteiger partial charge is 0.197 e. The molecule has 0 aromatic heterocycles. The van der Waals surface area contributed by atoms with Crippen LogP contribution in [0.1, 0.15) is 32.6 Å². The van der Waals surface area contributed by atoms with E-state index in [1.165, 1.54) is 0 Å². The highest BCUT2D eigenvalue weighted by molar-refractivity contribution is 9.10. The van der Waals surface area contributed by atoms with Gasteiger partial charge in [0, 0.05) is 16.1 Å². The lowest BCUT2D eigenvalue weighted by molar-refractivity contribution is 0.103. The van der Waals surface area contributed by atoms with E-state index < -0.39 is 0 Å². The molecular weight excluding hydrogens is 464 g/mol. The molecule has 0 amide bonds. The standard InChI is InChI=1S/C28H23BrO3/c1-20-16-23(29)12-14-25(20)28(30)26-15-13-24(31-18-21-8-4-2-5-9-21)17-27(26)32-19-22-10-6-3-7-11-22/h2-17H,18-19H2,1H3. The minimum Gasteiger partial charge on any atom is -0.489 e. The number of hydrogen-bond donors (Lipinski definition) is 0. The molecule has 0 aliphatic carbocycles. The Bertz CT molecular complexity index is 1200. The molecule has 0 fully saturated rings. The summed E-state index contributed by atoms with van der Waals surface area (Å²) in [6, 6.07) is 30.9. The second-order valence-corrected chi connectivity index (χ2v) is 8.41. The first-order chi connectivity index (χ1) is 15.6. The molecular formula is C28H23BrO3. The van der Waals surface area contributed by atoms with Crippen LogP contribution in [0.5, 0.6) is 11.5 Å². The third kappa shape index (κ3) is 5.45. The average molecular weight is 487 g/mol. The Hall–Kier alpha value is -3.37. The fourth-order valence-electron chi connectivity index (χ4n) is 3.40. The normalized spacial score (nSPS) is 10.6. The monoisotopic (exact) mass is 486 g/mol. The number of carbonyl (C=O) groups excluding carboxylic acids is 1. The van der Waals surface area contributed by atoms with Crippen molar-refractivity contribution in [1.82, 2.24) is 0 Å². The molecule has 0 aliphatic rings. The first-order valence-corrected chi connectivity index (χ1v) is 11.2. The van der Waals surface area contributed by atoms with E-state index in [4.69, 9.17) is 9.47 Å². The van der Waals surface area contributed by atoms with Crippen LogP contribution in [0.4, 0.5) is 0 Å². The van der Waals surface area contributed by atoms with Gasteiger partial charge in [-0.3, -0.25) is 4.79 Å². The largest absolute Gasteiger partial charge is 0.489 e. The van der Waals surface area contributed by atoms with Crippen molar-refractivity contribution in [2.24, 2.45) is 0 Å². The van der Waals surface area contributed by atoms with Gasteiger partial charge in [0.05, 0.1) is 5.56 Å². The Balaban J connectivity index is 1.62. The second-order valence-electron chi connectivity index (χ2n) is 7.49. The number of ether oxygens (including phenoxy) is 2. The summed E-state index contributed by atoms with van der Waals surface area (Å²) in [6.07, 6.45) is 0. The van der Waals surface area contributed by atoms with E-state index in [2.05, 4.69) is 15.9 Å². The molecule has 0 bridgehead atoms. The Morgan fingerprint density at radius 2 is 1.31 bits per heavy atom. The highest BCUT2D eigenvalue weighted by Crippen LogP contribution is 2.30. The quantitative estimate of drug-likeness (QED) is 0.248. The summed E-state index contributed by atoms with van der Waals surface area (Å²) < 4.78 is 13.0. The predicted molar refractivity (Wildman–Crippen MR) is 130 cm³/mol. The maximum Gasteiger partial charge on any atom is 0.197 e. The van der Waals surface area contributed by atoms with Crippen LogP contribution < -0.4 is 9.47 Å². The maximum atomic E-state index is 13.4. The highest BCUT2D eigenvalue weighted by atomic mass is 79.9. The molecule has 0 spiro atoms. The molecule has 4 aromatic rings. The van der Waals surface area contributed by atoms with Gasteiger partial charge in [-0.05, 0) is 53.9 Å². The van der Waals surface area contributed by atoms with E-state index >= 15 is 0 Å². The van der Waals surface area contributed by atoms with Crippen molar-refractivity contribution < 1.29 is 14.3 Å². The van der Waals surface area contributed by atoms with Crippen LogP contribution in [-0.2, 0) is 13.2 Å². The molecule has 0 saturated carbocycles. The molecule has 0 saturated heterocycles. The molecule has 32 heavy (non-hydrogen) atoms. The van der Waals surface area contributed by atoms with Gasteiger partial charge >= 0.3 is 0 Å². The summed E-state index contributed by atoms with van der Waals surface area (Å²) in [5, 5.41) is 0. The number of rotatable bonds is 8. The van der Waals surface area contributed by atoms with Crippen molar-refractivity contribution in [1.29, 1.82) is 0 Å². The Labute approximate surface area is 196 Å². The number of hydrogen-bond acceptors (Lipinski definition) is 3. The Morgan fingerprint density at radius 1 is 0.719 bits per heavy atom. The first kappa shape index (κ1) is 21.8. The van der Waals surface area contributed by atoms with Crippen LogP contribution >= 0.6 is 15.9 Å². The zero-order valence-corrected chi connectivity index (χ0v) is 19.3. The van der Waals surface area contributed by atoms with E-state index in [-0.39, 0.29) is 5.78 Å². The third-order valence-corrected chi connectivity index (χ3v) is 5.61. The summed E-state index contributed by atoms with van der Waals surface area (Å²) >= 11 is 3.46. The van der Waals surface area contributed by atoms with E-state index in [9.17, 15) is 4.79 Å². The lowest BCUT2D eigenvalue weighted by atomic mass is 9.98. The number of halogens is 1. The first-order valence-electron chi connectivity index (χ1n) is 10.4. The summed E-state index contributed by atoms with van der Waals surface area (Å²) in [6.45, 7) is 2.74. The Kier molecular flexibility index (Phi) is 7.03. The summed E-state index contributed by atoms with van der Waals surface area (Å²) in [5.41, 5.74) is 4.17. The fraction of sp³-hybridized carbons (Fsp3) is 0.107. The lowest BCUT2D eigenvalue weighted by Crippen LogP contribution is -2.08. The van der Waals surface area contributed by atoms with Crippen molar-refractivity contribution in [3.05, 3.63) is 129 Å². The topological polar surface area (TPSA) is 35.5 Å². The molecule has 4 heteroatoms. The van der Waals surface area contributed by atoms with Gasteiger partial charge in [-0.1, -0.05) is 76.6 Å². The van der Waals surface area contributed by atoms with E-state index in [1.807, 2.05) is 91.9 Å². The van der Waals surface area contributed by atoms with Crippen LogP contribution in [0.15, 0.2) is 102 Å². The molecule has 4 aromatic carbocycles. The number of aryl methyl sites for hydroxylation is 1. The molecule has 0 atom stereocenters. The van der Waals surface area contributed by atoms with E-state index in [1.54, 1.807) is 12.1 Å². The van der Waals surface area contributed by atoms with Crippen LogP contribution in [0.2, 0.25) is 0 Å². The van der Waals surface area contributed by atoms with Gasteiger partial charge < -0.3 is 9.47 Å². The number of carbonyl (C=O) groups is 1. The average Bonchev–Trinajstić information content (AvgIpc) is 2.82. The van der Waals surface area contributed by atoms with E-state index in [0.717, 1.165) is 21.2 Å². The predicted octanol–water partition coefficient (Wildman–Crippen LogP) is 7.15. The van der Waals surface area contributed by atoms with Crippen molar-refractivity contribution in [2.45, 2.75) is 20.1 Å². The minimum absolute atomic E-state index is 0.0762. The molecule has 0 aliphatic heterocycles. The van der Waals surface area contributed by atoms with Gasteiger partial charge in [-0.2, -0.15) is 0 Å². The van der Waals surface area contributed by atoms with Gasteiger partial charge in [0.25, 0.3) is 0 Å². The molecule has 3 nitrogen and oxygen atoms in total. The van der Waals surface area contributed by atoms with Crippen molar-refractivity contribution in [2.75, 3.05) is 0 Å². The van der Waals surface area contributed by atoms with Crippen LogP contribution in [0.25, 0.3) is 0 Å². The fourth-order valence-corrected chi connectivity index (χ4v) is 3.88. The number of benzene rings is 4. The number of ketones is 1. The maximum absolute atomic E-state index is 13.4. The van der Waals surface area contributed by atoms with Gasteiger partial charge in [-0.25, -0.2) is 0 Å². The van der Waals surface area contributed by atoms with Crippen molar-refractivity contribution in [3.8, 4) is 11.5 Å². The molecule has 0 heterocycles. The van der Waals surface area contributed by atoms with E-state index in [0.29, 0.717) is 35.8 Å². The van der Waals surface area contributed by atoms with Gasteiger partial charge in [0.2, 0.25) is 0 Å². The summed E-state index contributed by atoms with van der Waals surface area (Å²) in [5.74, 6) is 1.08. The summed E-state index contributed by atoms with van der Waals surface area (Å²) in [7, 11) is 0. The van der Waals surface area contributed by atoms with Crippen LogP contribution in [-0.4, -0.2) is 5.78 Å². The highest BCUT2D eigenvalue weighted by Gasteiger charge is 2.18. The van der Waals surface area contributed by atoms with Crippen LogP contribution in [0, 0.1) is 6.92 Å². The molecule has 160 valence electrons. The molecule has 0 N–H and O–H groups in total. The van der Waals surface area contributed by atoms with Crippen molar-refractivity contribution >= 4 is 21.7 Å². The molecule has 0 radical (unpaired) electrons. The molecule has 0 unspecified atom stereocenters. The van der Waals surface area contributed by atoms with Crippen LogP contribution in [0.3, 0.4) is 0 Å². The Morgan fingerprint density at radius 3 is 1.94 bits per heavy atom. The lowest BCUT2D eigenvalue weighted by Gasteiger charge is -2.15. The van der Waals surface area contributed by atoms with Gasteiger partial charge in [0.15, 0.2) is 5.78 Å². The van der Waals surface area contributed by atoms with Gasteiger partial charge in [0.1, 0.15) is 24.7 Å². The minimum atomic E-state index is -0.0762. The SMILES string of the molecule is Cc1cc(Br)ccc1C(=O)c1ccc(OCc2ccccc2)cc1OCc1ccccc1. The van der Waals surface area contributed by atoms with Gasteiger partial charge in [-0.15, -0.1) is 0 Å². The zero-order valence-electron chi connectivity index (χ0n) is 17.8. The summed E-state index contributed by atoms with van der Waals surface area (Å²) in [4.78, 5) is 13.4. The van der Waals surface area contributed by atoms with Crippen molar-refractivity contribution in [3.63, 3.8) is 0 Å². The zero-order chi connectivity index (χ0) is 22.3. The second kappa shape index (κ2) is 10.3. The third-order valence-electron chi connectivity index (χ3n) is 5.12. The molecule has 4 rings (SSSR count).